The Labute approximate surface area is 169 Å². The van der Waals surface area contributed by atoms with Gasteiger partial charge in [-0.25, -0.2) is 0 Å². The van der Waals surface area contributed by atoms with Crippen molar-refractivity contribution < 1.29 is 32.3 Å². The summed E-state index contributed by atoms with van der Waals surface area (Å²) in [5, 5.41) is 0. The van der Waals surface area contributed by atoms with Gasteiger partial charge in [0.2, 0.25) is 0 Å². The molecule has 0 atom stereocenters. The summed E-state index contributed by atoms with van der Waals surface area (Å²) in [6, 6.07) is 20.3. The van der Waals surface area contributed by atoms with Crippen molar-refractivity contribution in [2.75, 3.05) is 21.3 Å². The molecule has 0 amide bonds. The van der Waals surface area contributed by atoms with Gasteiger partial charge in [-0.15, -0.1) is 0 Å². The molecule has 0 heterocycles. The van der Waals surface area contributed by atoms with Crippen LogP contribution in [0.3, 0.4) is 0 Å². The highest BCUT2D eigenvalue weighted by molar-refractivity contribution is 7.49. The van der Waals surface area contributed by atoms with Crippen LogP contribution in [0.2, 0.25) is 0 Å². The molecule has 0 aliphatic rings. The molecule has 0 unspecified atom stereocenters. The van der Waals surface area contributed by atoms with Gasteiger partial charge in [-0.1, -0.05) is 36.4 Å². The number of rotatable bonds is 9. The highest BCUT2D eigenvalue weighted by Gasteiger charge is 2.36. The SMILES string of the molecule is COc1ccccc1OP(=O)(Oc1ccccc1OC)Oc1ccccc1OC. The summed E-state index contributed by atoms with van der Waals surface area (Å²) in [5.41, 5.74) is 0. The summed E-state index contributed by atoms with van der Waals surface area (Å²) in [4.78, 5) is 0. The first-order chi connectivity index (χ1) is 14.1. The maximum atomic E-state index is 13.7. The molecule has 0 bridgehead atoms. The van der Waals surface area contributed by atoms with E-state index in [0.717, 1.165) is 0 Å². The van der Waals surface area contributed by atoms with Gasteiger partial charge in [0.15, 0.2) is 34.5 Å². The van der Waals surface area contributed by atoms with Crippen molar-refractivity contribution in [2.24, 2.45) is 0 Å². The molecule has 0 radical (unpaired) electrons. The zero-order chi connectivity index (χ0) is 20.7. The largest absolute Gasteiger partial charge is 0.647 e. The normalized spacial score (nSPS) is 10.7. The monoisotopic (exact) mass is 416 g/mol. The van der Waals surface area contributed by atoms with E-state index in [4.69, 9.17) is 27.8 Å². The number of benzene rings is 3. The Balaban J connectivity index is 2.01. The Hall–Kier alpha value is -3.31. The van der Waals surface area contributed by atoms with Crippen LogP contribution in [0.1, 0.15) is 0 Å². The Morgan fingerprint density at radius 2 is 0.724 bits per heavy atom. The maximum Gasteiger partial charge on any atom is 0.647 e. The predicted octanol–water partition coefficient (Wildman–Crippen LogP) is 5.36. The molecule has 0 fully saturated rings. The number of methoxy groups -OCH3 is 3. The van der Waals surface area contributed by atoms with Gasteiger partial charge >= 0.3 is 7.82 Å². The lowest BCUT2D eigenvalue weighted by Crippen LogP contribution is -2.09. The van der Waals surface area contributed by atoms with Gasteiger partial charge in [-0.2, -0.15) is 4.57 Å². The van der Waals surface area contributed by atoms with E-state index in [1.165, 1.54) is 21.3 Å². The molecule has 0 N–H and O–H groups in total. The Kier molecular flexibility index (Phi) is 6.52. The fourth-order valence-corrected chi connectivity index (χ4v) is 3.79. The molecule has 0 aliphatic carbocycles. The zero-order valence-corrected chi connectivity index (χ0v) is 17.1. The van der Waals surface area contributed by atoms with E-state index in [9.17, 15) is 4.57 Å². The van der Waals surface area contributed by atoms with Crippen LogP contribution in [-0.2, 0) is 4.57 Å². The summed E-state index contributed by atoms with van der Waals surface area (Å²) in [7, 11) is 0.199. The van der Waals surface area contributed by atoms with E-state index in [1.807, 2.05) is 0 Å². The average molecular weight is 416 g/mol. The third-order valence-corrected chi connectivity index (χ3v) is 5.10. The van der Waals surface area contributed by atoms with Crippen LogP contribution in [-0.4, -0.2) is 21.3 Å². The van der Waals surface area contributed by atoms with Crippen LogP contribution in [0, 0.1) is 0 Å². The topological polar surface area (TPSA) is 72.5 Å². The van der Waals surface area contributed by atoms with Gasteiger partial charge < -0.3 is 27.8 Å². The highest BCUT2D eigenvalue weighted by atomic mass is 31.2. The van der Waals surface area contributed by atoms with E-state index < -0.39 is 7.82 Å². The van der Waals surface area contributed by atoms with Crippen LogP contribution < -0.4 is 27.8 Å². The lowest BCUT2D eigenvalue weighted by molar-refractivity contribution is 0.278. The van der Waals surface area contributed by atoms with E-state index >= 15 is 0 Å². The molecule has 152 valence electrons. The summed E-state index contributed by atoms with van der Waals surface area (Å²) in [5.74, 6) is 1.72. The van der Waals surface area contributed by atoms with Crippen LogP contribution >= 0.6 is 7.82 Å². The second kappa shape index (κ2) is 9.26. The molecule has 0 spiro atoms. The van der Waals surface area contributed by atoms with Gasteiger partial charge in [0.1, 0.15) is 0 Å². The van der Waals surface area contributed by atoms with Crippen LogP contribution in [0.25, 0.3) is 0 Å². The molecule has 0 aromatic heterocycles. The molecule has 0 saturated carbocycles. The van der Waals surface area contributed by atoms with Crippen molar-refractivity contribution in [3.63, 3.8) is 0 Å². The highest BCUT2D eigenvalue weighted by Crippen LogP contribution is 2.54. The van der Waals surface area contributed by atoms with Crippen LogP contribution in [0.5, 0.6) is 34.5 Å². The van der Waals surface area contributed by atoms with Crippen molar-refractivity contribution >= 4 is 7.82 Å². The molecular weight excluding hydrogens is 395 g/mol. The van der Waals surface area contributed by atoms with Crippen molar-refractivity contribution in [1.29, 1.82) is 0 Å². The first-order valence-corrected chi connectivity index (χ1v) is 10.1. The van der Waals surface area contributed by atoms with Gasteiger partial charge in [0, 0.05) is 0 Å². The first-order valence-electron chi connectivity index (χ1n) is 8.66. The molecule has 0 aliphatic heterocycles. The third kappa shape index (κ3) is 4.95. The second-order valence-corrected chi connectivity index (χ2v) is 7.12. The van der Waals surface area contributed by atoms with E-state index in [-0.39, 0.29) is 17.2 Å². The van der Waals surface area contributed by atoms with E-state index in [0.29, 0.717) is 17.2 Å². The van der Waals surface area contributed by atoms with Gasteiger partial charge in [-0.3, -0.25) is 0 Å². The van der Waals surface area contributed by atoms with Crippen molar-refractivity contribution in [1.82, 2.24) is 0 Å². The smallest absolute Gasteiger partial charge is 0.493 e. The number of hydrogen-bond acceptors (Lipinski definition) is 7. The average Bonchev–Trinajstić information content (AvgIpc) is 2.74. The molecule has 7 nitrogen and oxygen atoms in total. The Bertz CT molecular complexity index is 878. The standard InChI is InChI=1S/C21H21O7P/c1-23-16-10-4-7-13-19(16)26-29(22,27-20-14-8-5-11-17(20)24-2)28-21-15-9-6-12-18(21)25-3/h4-15H,1-3H3. The van der Waals surface area contributed by atoms with Gasteiger partial charge in [0.05, 0.1) is 21.3 Å². The molecule has 3 aromatic rings. The van der Waals surface area contributed by atoms with Crippen molar-refractivity contribution in [3.05, 3.63) is 72.8 Å². The quantitative estimate of drug-likeness (QED) is 0.435. The number of ether oxygens (including phenoxy) is 3. The predicted molar refractivity (Wildman–Crippen MR) is 108 cm³/mol. The molecule has 29 heavy (non-hydrogen) atoms. The first kappa shape index (κ1) is 20.4. The Morgan fingerprint density at radius 1 is 0.483 bits per heavy atom. The fraction of sp³-hybridized carbons (Fsp3) is 0.143. The lowest BCUT2D eigenvalue weighted by Gasteiger charge is -2.22. The minimum absolute atomic E-state index is 0.197. The molecular formula is C21H21O7P. The number of hydrogen-bond donors (Lipinski definition) is 0. The Morgan fingerprint density at radius 3 is 0.966 bits per heavy atom. The molecule has 8 heteroatoms. The second-order valence-electron chi connectivity index (χ2n) is 5.67. The van der Waals surface area contributed by atoms with E-state index in [2.05, 4.69) is 0 Å². The number of para-hydroxylation sites is 6. The van der Waals surface area contributed by atoms with Crippen molar-refractivity contribution in [2.45, 2.75) is 0 Å². The van der Waals surface area contributed by atoms with Crippen LogP contribution in [0.4, 0.5) is 0 Å². The molecule has 3 rings (SSSR count). The van der Waals surface area contributed by atoms with Crippen LogP contribution in [0.15, 0.2) is 72.8 Å². The van der Waals surface area contributed by atoms with E-state index in [1.54, 1.807) is 72.8 Å². The fourth-order valence-electron chi connectivity index (χ4n) is 2.50. The molecule has 0 saturated heterocycles. The summed E-state index contributed by atoms with van der Waals surface area (Å²) in [6.45, 7) is 0. The number of phosphoric acid groups is 1. The zero-order valence-electron chi connectivity index (χ0n) is 16.2. The summed E-state index contributed by atoms with van der Waals surface area (Å²) >= 11 is 0. The lowest BCUT2D eigenvalue weighted by atomic mass is 10.3. The third-order valence-electron chi connectivity index (χ3n) is 3.84. The summed E-state index contributed by atoms with van der Waals surface area (Å²) in [6.07, 6.45) is 0. The van der Waals surface area contributed by atoms with Crippen molar-refractivity contribution in [3.8, 4) is 34.5 Å². The number of phosphoric ester groups is 1. The van der Waals surface area contributed by atoms with Gasteiger partial charge in [-0.05, 0) is 36.4 Å². The van der Waals surface area contributed by atoms with Gasteiger partial charge in [0.25, 0.3) is 0 Å². The minimum Gasteiger partial charge on any atom is -0.493 e. The molecule has 3 aromatic carbocycles. The summed E-state index contributed by atoms with van der Waals surface area (Å²) < 4.78 is 46.6. The minimum atomic E-state index is -4.25. The maximum absolute atomic E-state index is 13.7.